The summed E-state index contributed by atoms with van der Waals surface area (Å²) in [5.41, 5.74) is 1.04. The van der Waals surface area contributed by atoms with Crippen molar-refractivity contribution in [3.8, 4) is 11.5 Å². The predicted molar refractivity (Wildman–Crippen MR) is 126 cm³/mol. The van der Waals surface area contributed by atoms with E-state index in [9.17, 15) is 18.0 Å². The van der Waals surface area contributed by atoms with Crippen molar-refractivity contribution in [1.82, 2.24) is 8.87 Å². The lowest BCUT2D eigenvalue weighted by atomic mass is 9.98. The number of piperidine rings is 1. The highest BCUT2D eigenvalue weighted by Crippen LogP contribution is 2.36. The zero-order chi connectivity index (χ0) is 24.6. The number of amides is 1. The number of carbonyl (C=O) groups excluding carboxylic acids is 1. The molecule has 0 radical (unpaired) electrons. The van der Waals surface area contributed by atoms with Gasteiger partial charge in [0.25, 0.3) is 0 Å². The van der Waals surface area contributed by atoms with Gasteiger partial charge in [-0.05, 0) is 31.0 Å². The summed E-state index contributed by atoms with van der Waals surface area (Å²) in [7, 11) is 0.566. The maximum atomic E-state index is 13.3. The molecule has 1 N–H and O–H groups in total. The highest BCUT2D eigenvalue weighted by Gasteiger charge is 2.34. The van der Waals surface area contributed by atoms with Gasteiger partial charge in [-0.1, -0.05) is 11.6 Å². The molecular weight excluding hydrogens is 486 g/mol. The van der Waals surface area contributed by atoms with Gasteiger partial charge in [0.2, 0.25) is 15.9 Å². The summed E-state index contributed by atoms with van der Waals surface area (Å²) in [5, 5.41) is 3.09. The Morgan fingerprint density at radius 3 is 2.62 bits per heavy atom. The molecule has 1 aliphatic heterocycles. The molecule has 1 saturated heterocycles. The van der Waals surface area contributed by atoms with Crippen molar-refractivity contribution >= 4 is 44.3 Å². The molecule has 1 aromatic heterocycles. The monoisotopic (exact) mass is 509 g/mol. The summed E-state index contributed by atoms with van der Waals surface area (Å²) >= 11 is 6.18. The molecule has 34 heavy (non-hydrogen) atoms. The standard InChI is InChI=1S/C22H24ClN3O7S/c1-25-17-7-6-14(9-20(17)33-22(25)28)34(29,30)26-8-4-5-13(12-26)21(27)24-16-10-15(23)18(31-2)11-19(16)32-3/h6-7,9-11,13H,4-5,8,12H2,1-3H3,(H,24,27)/t13-/m0/s1. The summed E-state index contributed by atoms with van der Waals surface area (Å²) in [6.45, 7) is 0.289. The summed E-state index contributed by atoms with van der Waals surface area (Å²) in [5.74, 6) is -0.727. The number of hydrogen-bond acceptors (Lipinski definition) is 7. The number of nitrogens with zero attached hydrogens (tertiary/aromatic N) is 2. The second-order valence-corrected chi connectivity index (χ2v) is 10.3. The second-order valence-electron chi connectivity index (χ2n) is 7.94. The molecule has 1 fully saturated rings. The van der Waals surface area contributed by atoms with Crippen LogP contribution in [-0.4, -0.2) is 50.5 Å². The number of sulfonamides is 1. The number of carbonyl (C=O) groups is 1. The SMILES string of the molecule is COc1cc(OC)c(NC(=O)[C@H]2CCCN(S(=O)(=O)c3ccc4c(c3)oc(=O)n4C)C2)cc1Cl. The highest BCUT2D eigenvalue weighted by atomic mass is 35.5. The number of benzene rings is 2. The van der Waals surface area contributed by atoms with E-state index in [1.807, 2.05) is 0 Å². The Labute approximate surface area is 201 Å². The van der Waals surface area contributed by atoms with E-state index >= 15 is 0 Å². The Morgan fingerprint density at radius 2 is 1.91 bits per heavy atom. The first kappa shape index (κ1) is 24.1. The Morgan fingerprint density at radius 1 is 1.18 bits per heavy atom. The third-order valence-electron chi connectivity index (χ3n) is 5.89. The number of anilines is 1. The number of halogens is 1. The fourth-order valence-corrected chi connectivity index (χ4v) is 5.77. The molecule has 0 aliphatic carbocycles. The van der Waals surface area contributed by atoms with Gasteiger partial charge in [0.1, 0.15) is 11.5 Å². The molecule has 2 heterocycles. The minimum absolute atomic E-state index is 0.000913. The van der Waals surface area contributed by atoms with Crippen LogP contribution >= 0.6 is 11.6 Å². The average Bonchev–Trinajstić information content (AvgIpc) is 3.12. The van der Waals surface area contributed by atoms with Crippen LogP contribution in [0.5, 0.6) is 11.5 Å². The molecule has 1 amide bonds. The molecular formula is C22H24ClN3O7S. The molecule has 0 saturated carbocycles. The van der Waals surface area contributed by atoms with Crippen molar-refractivity contribution in [1.29, 1.82) is 0 Å². The van der Waals surface area contributed by atoms with Gasteiger partial charge in [0.05, 0.1) is 41.3 Å². The zero-order valence-corrected chi connectivity index (χ0v) is 20.4. The molecule has 4 rings (SSSR count). The second kappa shape index (κ2) is 9.32. The van der Waals surface area contributed by atoms with Crippen molar-refractivity contribution < 1.29 is 27.1 Å². The van der Waals surface area contributed by atoms with Crippen molar-refractivity contribution in [2.45, 2.75) is 17.7 Å². The first-order valence-electron chi connectivity index (χ1n) is 10.5. The topological polar surface area (TPSA) is 120 Å². The fourth-order valence-electron chi connectivity index (χ4n) is 3.99. The van der Waals surface area contributed by atoms with Crippen LogP contribution in [0.1, 0.15) is 12.8 Å². The molecule has 1 atom stereocenters. The van der Waals surface area contributed by atoms with Crippen molar-refractivity contribution in [2.24, 2.45) is 13.0 Å². The van der Waals surface area contributed by atoms with Crippen molar-refractivity contribution in [2.75, 3.05) is 32.6 Å². The predicted octanol–water partition coefficient (Wildman–Crippen LogP) is 2.84. The first-order valence-corrected chi connectivity index (χ1v) is 12.3. The Bertz CT molecular complexity index is 1410. The number of aromatic nitrogens is 1. The van der Waals surface area contributed by atoms with Gasteiger partial charge in [-0.3, -0.25) is 9.36 Å². The molecule has 1 aliphatic rings. The van der Waals surface area contributed by atoms with Gasteiger partial charge in [0.15, 0.2) is 5.58 Å². The fraction of sp³-hybridized carbons (Fsp3) is 0.364. The number of nitrogens with one attached hydrogen (secondary N) is 1. The normalized spacial score (nSPS) is 17.0. The third kappa shape index (κ3) is 4.38. The largest absolute Gasteiger partial charge is 0.495 e. The number of methoxy groups -OCH3 is 2. The lowest BCUT2D eigenvalue weighted by molar-refractivity contribution is -0.120. The molecule has 3 aromatic rings. The van der Waals surface area contributed by atoms with E-state index in [0.717, 1.165) is 0 Å². The van der Waals surface area contributed by atoms with E-state index in [4.69, 9.17) is 25.5 Å². The lowest BCUT2D eigenvalue weighted by Crippen LogP contribution is -2.43. The van der Waals surface area contributed by atoms with E-state index in [1.165, 1.54) is 47.4 Å². The van der Waals surface area contributed by atoms with Crippen LogP contribution in [0.4, 0.5) is 5.69 Å². The first-order chi connectivity index (χ1) is 16.1. The highest BCUT2D eigenvalue weighted by molar-refractivity contribution is 7.89. The zero-order valence-electron chi connectivity index (χ0n) is 18.8. The molecule has 12 heteroatoms. The maximum Gasteiger partial charge on any atom is 0.419 e. The van der Waals surface area contributed by atoms with Gasteiger partial charge < -0.3 is 19.2 Å². The van der Waals surface area contributed by atoms with Gasteiger partial charge in [-0.15, -0.1) is 0 Å². The molecule has 2 aromatic carbocycles. The number of rotatable bonds is 6. The Kier molecular flexibility index (Phi) is 6.61. The van der Waals surface area contributed by atoms with E-state index in [-0.39, 0.29) is 29.5 Å². The number of oxazole rings is 1. The number of fused-ring (bicyclic) bond motifs is 1. The van der Waals surface area contributed by atoms with Crippen molar-refractivity contribution in [3.05, 3.63) is 45.9 Å². The van der Waals surface area contributed by atoms with Gasteiger partial charge in [-0.25, -0.2) is 13.2 Å². The van der Waals surface area contributed by atoms with E-state index in [1.54, 1.807) is 13.1 Å². The van der Waals surface area contributed by atoms with Gasteiger partial charge >= 0.3 is 5.76 Å². The Balaban J connectivity index is 1.54. The smallest absolute Gasteiger partial charge is 0.419 e. The Hall–Kier alpha value is -3.02. The molecule has 0 bridgehead atoms. The quantitative estimate of drug-likeness (QED) is 0.542. The van der Waals surface area contributed by atoms with Crippen LogP contribution in [0.3, 0.4) is 0 Å². The van der Waals surface area contributed by atoms with E-state index in [0.29, 0.717) is 40.6 Å². The third-order valence-corrected chi connectivity index (χ3v) is 8.04. The number of aryl methyl sites for hydroxylation is 1. The van der Waals surface area contributed by atoms with Crippen LogP contribution in [0, 0.1) is 5.92 Å². The summed E-state index contributed by atoms with van der Waals surface area (Å²) in [4.78, 5) is 24.7. The van der Waals surface area contributed by atoms with Crippen LogP contribution < -0.4 is 20.5 Å². The molecule has 182 valence electrons. The number of ether oxygens (including phenoxy) is 2. The summed E-state index contributed by atoms with van der Waals surface area (Å²) in [6, 6.07) is 7.38. The molecule has 10 nitrogen and oxygen atoms in total. The van der Waals surface area contributed by atoms with Crippen LogP contribution in [0.15, 0.2) is 44.4 Å². The molecule has 0 spiro atoms. The van der Waals surface area contributed by atoms with Gasteiger partial charge in [-0.2, -0.15) is 4.31 Å². The number of hydrogen-bond donors (Lipinski definition) is 1. The van der Waals surface area contributed by atoms with Gasteiger partial charge in [0, 0.05) is 32.3 Å². The van der Waals surface area contributed by atoms with Crippen molar-refractivity contribution in [3.63, 3.8) is 0 Å². The minimum atomic E-state index is -3.91. The van der Waals surface area contributed by atoms with Crippen LogP contribution in [-0.2, 0) is 21.9 Å². The van der Waals surface area contributed by atoms with Crippen LogP contribution in [0.25, 0.3) is 11.1 Å². The minimum Gasteiger partial charge on any atom is -0.495 e. The lowest BCUT2D eigenvalue weighted by Gasteiger charge is -2.31. The summed E-state index contributed by atoms with van der Waals surface area (Å²) in [6.07, 6.45) is 1.04. The average molecular weight is 510 g/mol. The summed E-state index contributed by atoms with van der Waals surface area (Å²) < 4.78 is 44.7. The van der Waals surface area contributed by atoms with Crippen LogP contribution in [0.2, 0.25) is 5.02 Å². The van der Waals surface area contributed by atoms with E-state index < -0.39 is 21.7 Å². The molecule has 0 unspecified atom stereocenters. The van der Waals surface area contributed by atoms with E-state index in [2.05, 4.69) is 5.32 Å². The maximum absolute atomic E-state index is 13.3.